The van der Waals surface area contributed by atoms with Crippen LogP contribution in [-0.4, -0.2) is 28.6 Å². The minimum Gasteiger partial charge on any atom is -0.478 e. The summed E-state index contributed by atoms with van der Waals surface area (Å²) >= 11 is 0. The molecule has 1 aromatic heterocycles. The molecule has 0 spiro atoms. The molecule has 1 N–H and O–H groups in total. The summed E-state index contributed by atoms with van der Waals surface area (Å²) < 4.78 is 0. The Bertz CT molecular complexity index is 513. The first kappa shape index (κ1) is 13.4. The van der Waals surface area contributed by atoms with Crippen LogP contribution in [0.3, 0.4) is 0 Å². The molecular weight excluding hydrogens is 252 g/mol. The van der Waals surface area contributed by atoms with Crippen molar-refractivity contribution in [1.82, 2.24) is 4.98 Å². The van der Waals surface area contributed by atoms with E-state index in [4.69, 9.17) is 0 Å². The second kappa shape index (κ2) is 5.43. The number of hydrogen-bond acceptors (Lipinski definition) is 3. The number of fused-ring (bicyclic) bond motifs is 1. The monoisotopic (exact) mass is 274 g/mol. The van der Waals surface area contributed by atoms with Crippen molar-refractivity contribution < 1.29 is 9.90 Å². The van der Waals surface area contributed by atoms with Gasteiger partial charge >= 0.3 is 5.97 Å². The quantitative estimate of drug-likeness (QED) is 0.899. The normalized spacial score (nSPS) is 26.1. The zero-order valence-corrected chi connectivity index (χ0v) is 12.0. The number of anilines is 1. The number of carbonyl (C=O) groups is 1. The van der Waals surface area contributed by atoms with E-state index in [1.807, 2.05) is 6.92 Å². The Morgan fingerprint density at radius 2 is 2.00 bits per heavy atom. The molecule has 0 aromatic carbocycles. The van der Waals surface area contributed by atoms with Gasteiger partial charge in [0.15, 0.2) is 0 Å². The van der Waals surface area contributed by atoms with Crippen LogP contribution in [0.1, 0.15) is 54.6 Å². The van der Waals surface area contributed by atoms with Gasteiger partial charge in [-0.2, -0.15) is 0 Å². The Labute approximate surface area is 119 Å². The van der Waals surface area contributed by atoms with Gasteiger partial charge in [-0.1, -0.05) is 12.8 Å². The Morgan fingerprint density at radius 1 is 1.25 bits per heavy atom. The molecule has 2 heterocycles. The molecule has 2 aliphatic rings. The van der Waals surface area contributed by atoms with Gasteiger partial charge < -0.3 is 10.0 Å². The van der Waals surface area contributed by atoms with Gasteiger partial charge in [-0.3, -0.25) is 0 Å². The molecule has 4 heteroatoms. The number of aryl methyl sites for hydroxylation is 1. The number of pyridine rings is 1. The van der Waals surface area contributed by atoms with Crippen molar-refractivity contribution in [2.75, 3.05) is 11.4 Å². The highest BCUT2D eigenvalue weighted by Gasteiger charge is 2.35. The topological polar surface area (TPSA) is 53.4 Å². The molecule has 108 valence electrons. The van der Waals surface area contributed by atoms with Crippen molar-refractivity contribution in [3.63, 3.8) is 0 Å². The van der Waals surface area contributed by atoms with Gasteiger partial charge in [0, 0.05) is 18.3 Å². The minimum atomic E-state index is -0.870. The fraction of sp³-hybridized carbons (Fsp3) is 0.625. The lowest BCUT2D eigenvalue weighted by atomic mass is 9.78. The van der Waals surface area contributed by atoms with Crippen LogP contribution in [0, 0.1) is 12.8 Å². The second-order valence-corrected chi connectivity index (χ2v) is 6.08. The smallest absolute Gasteiger partial charge is 0.339 e. The predicted molar refractivity (Wildman–Crippen MR) is 78.3 cm³/mol. The first-order valence-electron chi connectivity index (χ1n) is 7.64. The first-order valence-corrected chi connectivity index (χ1v) is 7.64. The number of carboxylic acid groups (broad SMARTS) is 1. The molecule has 1 aliphatic heterocycles. The van der Waals surface area contributed by atoms with E-state index in [0.717, 1.165) is 24.6 Å². The van der Waals surface area contributed by atoms with Crippen LogP contribution in [0.5, 0.6) is 0 Å². The Balaban J connectivity index is 1.98. The van der Waals surface area contributed by atoms with Crippen LogP contribution in [-0.2, 0) is 0 Å². The summed E-state index contributed by atoms with van der Waals surface area (Å²) in [5.41, 5.74) is 1.24. The number of nitrogens with zero attached hydrogens (tertiary/aromatic N) is 2. The van der Waals surface area contributed by atoms with Crippen molar-refractivity contribution >= 4 is 11.8 Å². The molecule has 20 heavy (non-hydrogen) atoms. The summed E-state index contributed by atoms with van der Waals surface area (Å²) in [7, 11) is 0. The zero-order valence-electron chi connectivity index (χ0n) is 12.0. The summed E-state index contributed by atoms with van der Waals surface area (Å²) in [5.74, 6) is 0.543. The molecule has 0 unspecified atom stereocenters. The number of hydrogen-bond donors (Lipinski definition) is 1. The van der Waals surface area contributed by atoms with E-state index >= 15 is 0 Å². The lowest BCUT2D eigenvalue weighted by Crippen LogP contribution is -2.47. The molecule has 0 amide bonds. The van der Waals surface area contributed by atoms with Crippen LogP contribution < -0.4 is 4.90 Å². The summed E-state index contributed by atoms with van der Waals surface area (Å²) in [5, 5.41) is 9.42. The molecule has 0 bridgehead atoms. The third kappa shape index (κ3) is 2.39. The summed E-state index contributed by atoms with van der Waals surface area (Å²) in [4.78, 5) is 18.3. The summed E-state index contributed by atoms with van der Waals surface area (Å²) in [6, 6.07) is 3.98. The maximum Gasteiger partial charge on any atom is 0.339 e. The number of piperidine rings is 1. The SMILES string of the molecule is Cc1ccc(C(=O)O)c(N2CCC[C@H]3CCCC[C@H]32)n1. The van der Waals surface area contributed by atoms with E-state index in [9.17, 15) is 9.90 Å². The molecule has 4 nitrogen and oxygen atoms in total. The predicted octanol–water partition coefficient (Wildman–Crippen LogP) is 3.25. The van der Waals surface area contributed by atoms with Gasteiger partial charge in [0.1, 0.15) is 11.4 Å². The Hall–Kier alpha value is -1.58. The van der Waals surface area contributed by atoms with Gasteiger partial charge in [-0.05, 0) is 50.7 Å². The standard InChI is InChI=1S/C16H22N2O2/c1-11-8-9-13(16(19)20)15(17-11)18-10-4-6-12-5-2-3-7-14(12)18/h8-9,12,14H,2-7,10H2,1H3,(H,19,20)/t12-,14-/m1/s1. The highest BCUT2D eigenvalue weighted by Crippen LogP contribution is 2.38. The van der Waals surface area contributed by atoms with Crippen LogP contribution in [0.2, 0.25) is 0 Å². The van der Waals surface area contributed by atoms with Gasteiger partial charge in [0.25, 0.3) is 0 Å². The van der Waals surface area contributed by atoms with Crippen LogP contribution >= 0.6 is 0 Å². The minimum absolute atomic E-state index is 0.349. The lowest BCUT2D eigenvalue weighted by Gasteiger charge is -2.45. The summed E-state index contributed by atoms with van der Waals surface area (Å²) in [6.45, 7) is 2.87. The van der Waals surface area contributed by atoms with Crippen molar-refractivity contribution in [1.29, 1.82) is 0 Å². The molecule has 1 aromatic rings. The number of aromatic nitrogens is 1. The highest BCUT2D eigenvalue weighted by molar-refractivity contribution is 5.93. The van der Waals surface area contributed by atoms with Crippen molar-refractivity contribution in [2.45, 2.75) is 51.5 Å². The van der Waals surface area contributed by atoms with E-state index in [-0.39, 0.29) is 0 Å². The molecule has 1 saturated heterocycles. The fourth-order valence-electron chi connectivity index (χ4n) is 3.82. The first-order chi connectivity index (χ1) is 9.66. The Morgan fingerprint density at radius 3 is 2.80 bits per heavy atom. The summed E-state index contributed by atoms with van der Waals surface area (Å²) in [6.07, 6.45) is 7.48. The van der Waals surface area contributed by atoms with Gasteiger partial charge in [-0.25, -0.2) is 9.78 Å². The molecule has 1 saturated carbocycles. The fourth-order valence-corrected chi connectivity index (χ4v) is 3.82. The van der Waals surface area contributed by atoms with Crippen molar-refractivity contribution in [3.8, 4) is 0 Å². The third-order valence-corrected chi connectivity index (χ3v) is 4.76. The number of rotatable bonds is 2. The van der Waals surface area contributed by atoms with Crippen LogP contribution in [0.4, 0.5) is 5.82 Å². The molecule has 0 radical (unpaired) electrons. The molecule has 3 rings (SSSR count). The van der Waals surface area contributed by atoms with E-state index in [2.05, 4.69) is 9.88 Å². The van der Waals surface area contributed by atoms with Gasteiger partial charge in [-0.15, -0.1) is 0 Å². The van der Waals surface area contributed by atoms with Crippen LogP contribution in [0.25, 0.3) is 0 Å². The zero-order chi connectivity index (χ0) is 14.1. The number of aromatic carboxylic acids is 1. The highest BCUT2D eigenvalue weighted by atomic mass is 16.4. The second-order valence-electron chi connectivity index (χ2n) is 6.08. The number of carboxylic acids is 1. The van der Waals surface area contributed by atoms with Gasteiger partial charge in [0.05, 0.1) is 0 Å². The van der Waals surface area contributed by atoms with Gasteiger partial charge in [0.2, 0.25) is 0 Å². The Kier molecular flexibility index (Phi) is 3.64. The maximum absolute atomic E-state index is 11.5. The van der Waals surface area contributed by atoms with E-state index in [0.29, 0.717) is 17.4 Å². The molecule has 2 atom stereocenters. The molecule has 1 aliphatic carbocycles. The van der Waals surface area contributed by atoms with E-state index in [1.54, 1.807) is 12.1 Å². The maximum atomic E-state index is 11.5. The largest absolute Gasteiger partial charge is 0.478 e. The van der Waals surface area contributed by atoms with Crippen molar-refractivity contribution in [2.24, 2.45) is 5.92 Å². The average molecular weight is 274 g/mol. The lowest BCUT2D eigenvalue weighted by molar-refractivity contribution is 0.0696. The third-order valence-electron chi connectivity index (χ3n) is 4.76. The average Bonchev–Trinajstić information content (AvgIpc) is 2.46. The van der Waals surface area contributed by atoms with E-state index < -0.39 is 5.97 Å². The van der Waals surface area contributed by atoms with Crippen LogP contribution in [0.15, 0.2) is 12.1 Å². The molecular formula is C16H22N2O2. The van der Waals surface area contributed by atoms with E-state index in [1.165, 1.54) is 32.1 Å². The molecule has 2 fully saturated rings. The van der Waals surface area contributed by atoms with Crippen molar-refractivity contribution in [3.05, 3.63) is 23.4 Å².